The Morgan fingerprint density at radius 2 is 1.77 bits per heavy atom. The normalized spacial score (nSPS) is 14.9. The fourth-order valence-electron chi connectivity index (χ4n) is 1.37. The summed E-state index contributed by atoms with van der Waals surface area (Å²) >= 11 is 0. The first-order chi connectivity index (χ1) is 6.18. The molecule has 1 N–H and O–H groups in total. The summed E-state index contributed by atoms with van der Waals surface area (Å²) in [5, 5.41) is 9.75. The Labute approximate surface area is 82.5 Å². The molecule has 0 bridgehead atoms. The number of hydrogen-bond donors (Lipinski definition) is 1. The van der Waals surface area contributed by atoms with E-state index in [0.717, 1.165) is 12.8 Å². The second kappa shape index (κ2) is 6.97. The summed E-state index contributed by atoms with van der Waals surface area (Å²) in [6, 6.07) is 0. The summed E-state index contributed by atoms with van der Waals surface area (Å²) in [6.07, 6.45) is 12.7. The molecule has 0 aliphatic heterocycles. The largest absolute Gasteiger partial charge is 0.378 e. The minimum atomic E-state index is -0.841. The highest BCUT2D eigenvalue weighted by atomic mass is 16.3. The summed E-state index contributed by atoms with van der Waals surface area (Å²) in [6.45, 7) is 4.13. The van der Waals surface area contributed by atoms with Gasteiger partial charge in [0.25, 0.3) is 0 Å². The Morgan fingerprint density at radius 1 is 1.15 bits per heavy atom. The Kier molecular flexibility index (Phi) is 6.72. The third-order valence-corrected chi connectivity index (χ3v) is 2.55. The third-order valence-electron chi connectivity index (χ3n) is 2.55. The molecule has 0 aliphatic rings. The standard InChI is InChI=1S/C12H22O/c1-4-7-8-9-10-11-12(13,5-2)6-3/h2,13H,4,6-11H2,1,3H3. The van der Waals surface area contributed by atoms with Crippen molar-refractivity contribution in [2.45, 2.75) is 64.4 Å². The zero-order valence-electron chi connectivity index (χ0n) is 8.97. The molecule has 0 aliphatic carbocycles. The van der Waals surface area contributed by atoms with Crippen LogP contribution in [0.15, 0.2) is 0 Å². The number of hydrogen-bond acceptors (Lipinski definition) is 1. The zero-order chi connectivity index (χ0) is 10.2. The second-order valence-electron chi connectivity index (χ2n) is 3.69. The van der Waals surface area contributed by atoms with Gasteiger partial charge in [-0.1, -0.05) is 45.5 Å². The lowest BCUT2D eigenvalue weighted by molar-refractivity contribution is 0.0847. The first kappa shape index (κ1) is 12.5. The number of terminal acetylenes is 1. The Balaban J connectivity index is 3.46. The highest BCUT2D eigenvalue weighted by Crippen LogP contribution is 2.18. The Morgan fingerprint density at radius 3 is 2.23 bits per heavy atom. The predicted octanol–water partition coefficient (Wildman–Crippen LogP) is 3.12. The molecule has 1 nitrogen and oxygen atoms in total. The molecule has 0 amide bonds. The molecule has 76 valence electrons. The van der Waals surface area contributed by atoms with Gasteiger partial charge in [0.2, 0.25) is 0 Å². The zero-order valence-corrected chi connectivity index (χ0v) is 8.97. The van der Waals surface area contributed by atoms with Crippen LogP contribution in [-0.2, 0) is 0 Å². The first-order valence-electron chi connectivity index (χ1n) is 5.38. The van der Waals surface area contributed by atoms with Crippen LogP contribution in [0.1, 0.15) is 58.8 Å². The van der Waals surface area contributed by atoms with Gasteiger partial charge >= 0.3 is 0 Å². The number of rotatable bonds is 7. The predicted molar refractivity (Wildman–Crippen MR) is 57.4 cm³/mol. The quantitative estimate of drug-likeness (QED) is 0.474. The van der Waals surface area contributed by atoms with Crippen LogP contribution >= 0.6 is 0 Å². The van der Waals surface area contributed by atoms with Crippen LogP contribution in [0.4, 0.5) is 0 Å². The van der Waals surface area contributed by atoms with Crippen molar-refractivity contribution >= 4 is 0 Å². The van der Waals surface area contributed by atoms with Gasteiger partial charge < -0.3 is 5.11 Å². The molecule has 0 aromatic rings. The topological polar surface area (TPSA) is 20.2 Å². The molecule has 1 unspecified atom stereocenters. The van der Waals surface area contributed by atoms with Crippen molar-refractivity contribution in [3.8, 4) is 12.3 Å². The lowest BCUT2D eigenvalue weighted by Crippen LogP contribution is -2.24. The molecule has 0 saturated carbocycles. The van der Waals surface area contributed by atoms with E-state index < -0.39 is 5.60 Å². The summed E-state index contributed by atoms with van der Waals surface area (Å²) in [5.41, 5.74) is -0.841. The van der Waals surface area contributed by atoms with Crippen molar-refractivity contribution in [2.24, 2.45) is 0 Å². The summed E-state index contributed by atoms with van der Waals surface area (Å²) in [5.74, 6) is 2.47. The average Bonchev–Trinajstić information content (AvgIpc) is 2.17. The van der Waals surface area contributed by atoms with Crippen LogP contribution in [0.25, 0.3) is 0 Å². The van der Waals surface area contributed by atoms with E-state index in [1.807, 2.05) is 6.92 Å². The maximum absolute atomic E-state index is 9.75. The van der Waals surface area contributed by atoms with Crippen molar-refractivity contribution in [3.05, 3.63) is 0 Å². The minimum Gasteiger partial charge on any atom is -0.378 e. The van der Waals surface area contributed by atoms with Crippen molar-refractivity contribution in [1.29, 1.82) is 0 Å². The highest BCUT2D eigenvalue weighted by molar-refractivity contribution is 5.06. The lowest BCUT2D eigenvalue weighted by atomic mass is 9.94. The molecule has 0 spiro atoms. The molecule has 0 fully saturated rings. The van der Waals surface area contributed by atoms with E-state index in [4.69, 9.17) is 6.42 Å². The van der Waals surface area contributed by atoms with Crippen molar-refractivity contribution < 1.29 is 5.11 Å². The average molecular weight is 182 g/mol. The van der Waals surface area contributed by atoms with E-state index in [2.05, 4.69) is 12.8 Å². The molecular weight excluding hydrogens is 160 g/mol. The fourth-order valence-corrected chi connectivity index (χ4v) is 1.37. The van der Waals surface area contributed by atoms with Gasteiger partial charge in [-0.25, -0.2) is 0 Å². The first-order valence-corrected chi connectivity index (χ1v) is 5.38. The maximum Gasteiger partial charge on any atom is 0.125 e. The third kappa shape index (κ3) is 5.71. The summed E-state index contributed by atoms with van der Waals surface area (Å²) in [4.78, 5) is 0. The minimum absolute atomic E-state index is 0.664. The molecule has 0 saturated heterocycles. The van der Waals surface area contributed by atoms with Gasteiger partial charge in [0, 0.05) is 0 Å². The summed E-state index contributed by atoms with van der Waals surface area (Å²) < 4.78 is 0. The molecule has 0 rings (SSSR count). The van der Waals surface area contributed by atoms with Crippen LogP contribution in [0.2, 0.25) is 0 Å². The van der Waals surface area contributed by atoms with Crippen molar-refractivity contribution in [3.63, 3.8) is 0 Å². The van der Waals surface area contributed by atoms with Gasteiger partial charge in [0.15, 0.2) is 0 Å². The van der Waals surface area contributed by atoms with E-state index in [9.17, 15) is 5.11 Å². The van der Waals surface area contributed by atoms with Crippen LogP contribution in [0.5, 0.6) is 0 Å². The van der Waals surface area contributed by atoms with Gasteiger partial charge in [-0.2, -0.15) is 0 Å². The van der Waals surface area contributed by atoms with Crippen LogP contribution < -0.4 is 0 Å². The van der Waals surface area contributed by atoms with Gasteiger partial charge in [0.05, 0.1) is 0 Å². The van der Waals surface area contributed by atoms with Gasteiger partial charge in [0.1, 0.15) is 5.60 Å². The second-order valence-corrected chi connectivity index (χ2v) is 3.69. The number of aliphatic hydroxyl groups is 1. The lowest BCUT2D eigenvalue weighted by Gasteiger charge is -2.19. The van der Waals surface area contributed by atoms with E-state index in [0.29, 0.717) is 6.42 Å². The van der Waals surface area contributed by atoms with E-state index in [-0.39, 0.29) is 0 Å². The molecular formula is C12H22O. The molecule has 13 heavy (non-hydrogen) atoms. The molecule has 1 atom stereocenters. The van der Waals surface area contributed by atoms with Crippen LogP contribution in [-0.4, -0.2) is 10.7 Å². The molecule has 0 radical (unpaired) electrons. The van der Waals surface area contributed by atoms with E-state index >= 15 is 0 Å². The van der Waals surface area contributed by atoms with Crippen molar-refractivity contribution in [1.82, 2.24) is 0 Å². The maximum atomic E-state index is 9.75. The molecule has 0 aromatic heterocycles. The SMILES string of the molecule is C#CC(O)(CC)CCCCCCC. The van der Waals surface area contributed by atoms with E-state index in [1.54, 1.807) is 0 Å². The summed E-state index contributed by atoms with van der Waals surface area (Å²) in [7, 11) is 0. The smallest absolute Gasteiger partial charge is 0.125 e. The molecule has 0 heterocycles. The highest BCUT2D eigenvalue weighted by Gasteiger charge is 2.19. The van der Waals surface area contributed by atoms with Crippen LogP contribution in [0.3, 0.4) is 0 Å². The Bertz CT molecular complexity index is 157. The van der Waals surface area contributed by atoms with Crippen LogP contribution in [0, 0.1) is 12.3 Å². The van der Waals surface area contributed by atoms with Gasteiger partial charge in [-0.15, -0.1) is 6.42 Å². The fraction of sp³-hybridized carbons (Fsp3) is 0.833. The van der Waals surface area contributed by atoms with Gasteiger partial charge in [-0.3, -0.25) is 0 Å². The molecule has 1 heteroatoms. The van der Waals surface area contributed by atoms with Crippen molar-refractivity contribution in [2.75, 3.05) is 0 Å². The molecule has 0 aromatic carbocycles. The van der Waals surface area contributed by atoms with E-state index in [1.165, 1.54) is 25.7 Å². The number of unbranched alkanes of at least 4 members (excludes halogenated alkanes) is 4. The van der Waals surface area contributed by atoms with Gasteiger partial charge in [-0.05, 0) is 19.3 Å². The Hall–Kier alpha value is -0.480. The monoisotopic (exact) mass is 182 g/mol.